The monoisotopic (exact) mass is 567 g/mol. The van der Waals surface area contributed by atoms with Crippen LogP contribution in [0.5, 0.6) is 17.4 Å². The van der Waals surface area contributed by atoms with Crippen molar-refractivity contribution in [3.05, 3.63) is 90.1 Å². The van der Waals surface area contributed by atoms with Crippen LogP contribution >= 0.6 is 0 Å². The van der Waals surface area contributed by atoms with Gasteiger partial charge in [-0.2, -0.15) is 18.2 Å². The Bertz CT molecular complexity index is 1710. The van der Waals surface area contributed by atoms with Crippen LogP contribution in [-0.4, -0.2) is 38.4 Å². The fourth-order valence-electron chi connectivity index (χ4n) is 4.23. The first-order chi connectivity index (χ1) is 19.6. The summed E-state index contributed by atoms with van der Waals surface area (Å²) < 4.78 is 71.4. The minimum absolute atomic E-state index is 0.0248. The molecule has 0 fully saturated rings. The van der Waals surface area contributed by atoms with E-state index in [4.69, 9.17) is 19.9 Å². The third-order valence-electron chi connectivity index (χ3n) is 5.93. The van der Waals surface area contributed by atoms with Crippen LogP contribution in [0.4, 0.5) is 22.4 Å². The molecule has 0 aliphatic heterocycles. The SMILES string of the molecule is Cc1c(-c2ccc(OC(N)=O)cn2)n(-c2ccc(OCc3ccccc3)c(F)c2)c2c(OCC(F)(F)F)ncnc12. The second-order valence-corrected chi connectivity index (χ2v) is 8.78. The van der Waals surface area contributed by atoms with Crippen LogP contribution in [0, 0.1) is 12.7 Å². The number of halogens is 4. The van der Waals surface area contributed by atoms with Gasteiger partial charge in [0.1, 0.15) is 18.5 Å². The summed E-state index contributed by atoms with van der Waals surface area (Å²) in [6.45, 7) is 0.204. The van der Waals surface area contributed by atoms with Gasteiger partial charge in [-0.1, -0.05) is 30.3 Å². The number of carbonyl (C=O) groups is 1. The van der Waals surface area contributed by atoms with Crippen molar-refractivity contribution in [1.29, 1.82) is 0 Å². The first-order valence-electron chi connectivity index (χ1n) is 12.1. The van der Waals surface area contributed by atoms with Gasteiger partial charge >= 0.3 is 12.3 Å². The molecule has 0 unspecified atom stereocenters. The van der Waals surface area contributed by atoms with E-state index in [0.717, 1.165) is 11.9 Å². The van der Waals surface area contributed by atoms with Crippen molar-refractivity contribution in [2.45, 2.75) is 19.7 Å². The van der Waals surface area contributed by atoms with Gasteiger partial charge < -0.3 is 24.5 Å². The number of aromatic nitrogens is 4. The van der Waals surface area contributed by atoms with Gasteiger partial charge in [-0.25, -0.2) is 14.2 Å². The number of rotatable bonds is 8. The number of alkyl halides is 3. The lowest BCUT2D eigenvalue weighted by atomic mass is 10.1. The summed E-state index contributed by atoms with van der Waals surface area (Å²) in [5.74, 6) is -1.03. The Balaban J connectivity index is 1.63. The second kappa shape index (κ2) is 11.1. The molecule has 0 saturated carbocycles. The van der Waals surface area contributed by atoms with Crippen molar-refractivity contribution >= 4 is 17.1 Å². The molecule has 0 bridgehead atoms. The number of benzene rings is 2. The molecule has 41 heavy (non-hydrogen) atoms. The third-order valence-corrected chi connectivity index (χ3v) is 5.93. The lowest BCUT2D eigenvalue weighted by Crippen LogP contribution is -2.20. The Morgan fingerprint density at radius 2 is 1.78 bits per heavy atom. The smallest absolute Gasteiger partial charge is 0.422 e. The Kier molecular flexibility index (Phi) is 7.42. The maximum atomic E-state index is 15.3. The molecule has 5 aromatic rings. The number of carbonyl (C=O) groups excluding carboxylic acids is 1. The number of hydrogen-bond acceptors (Lipinski definition) is 7. The third kappa shape index (κ3) is 6.03. The molecule has 0 aliphatic rings. The predicted molar refractivity (Wildman–Crippen MR) is 139 cm³/mol. The molecule has 3 aromatic heterocycles. The molecule has 0 spiro atoms. The summed E-state index contributed by atoms with van der Waals surface area (Å²) in [6, 6.07) is 16.3. The minimum atomic E-state index is -4.63. The molecule has 0 aliphatic carbocycles. The fraction of sp³-hybridized carbons (Fsp3) is 0.143. The Labute approximate surface area is 230 Å². The molecule has 0 atom stereocenters. The van der Waals surface area contributed by atoms with E-state index in [1.807, 2.05) is 30.3 Å². The van der Waals surface area contributed by atoms with Gasteiger partial charge in [0.05, 0.1) is 23.1 Å². The molecular formula is C28H21F4N5O4. The molecule has 2 aromatic carbocycles. The number of hydrogen-bond donors (Lipinski definition) is 1. The lowest BCUT2D eigenvalue weighted by molar-refractivity contribution is -0.153. The molecule has 0 saturated heterocycles. The summed E-state index contributed by atoms with van der Waals surface area (Å²) in [5.41, 5.74) is 7.61. The number of nitrogens with zero attached hydrogens (tertiary/aromatic N) is 4. The van der Waals surface area contributed by atoms with Crippen LogP contribution in [0.2, 0.25) is 0 Å². The van der Waals surface area contributed by atoms with E-state index in [1.165, 1.54) is 41.1 Å². The topological polar surface area (TPSA) is 114 Å². The first-order valence-corrected chi connectivity index (χ1v) is 12.1. The number of amides is 1. The summed E-state index contributed by atoms with van der Waals surface area (Å²) in [4.78, 5) is 23.6. The highest BCUT2D eigenvalue weighted by Gasteiger charge is 2.30. The minimum Gasteiger partial charge on any atom is -0.486 e. The van der Waals surface area contributed by atoms with Crippen molar-refractivity contribution in [2.75, 3.05) is 6.61 Å². The fourth-order valence-corrected chi connectivity index (χ4v) is 4.23. The molecule has 2 N–H and O–H groups in total. The predicted octanol–water partition coefficient (Wildman–Crippen LogP) is 5.91. The van der Waals surface area contributed by atoms with Gasteiger partial charge in [-0.05, 0) is 36.8 Å². The molecule has 1 amide bonds. The van der Waals surface area contributed by atoms with Gasteiger partial charge in [-0.3, -0.25) is 4.98 Å². The van der Waals surface area contributed by atoms with Crippen molar-refractivity contribution in [3.8, 4) is 34.5 Å². The summed E-state index contributed by atoms with van der Waals surface area (Å²) in [5, 5.41) is 0. The number of pyridine rings is 1. The van der Waals surface area contributed by atoms with Crippen molar-refractivity contribution in [3.63, 3.8) is 0 Å². The number of aryl methyl sites for hydroxylation is 1. The number of nitrogens with two attached hydrogens (primary N) is 1. The van der Waals surface area contributed by atoms with Crippen molar-refractivity contribution in [2.24, 2.45) is 5.73 Å². The van der Waals surface area contributed by atoms with Crippen LogP contribution in [0.3, 0.4) is 0 Å². The van der Waals surface area contributed by atoms with E-state index < -0.39 is 24.7 Å². The zero-order valence-electron chi connectivity index (χ0n) is 21.4. The molecule has 0 radical (unpaired) electrons. The van der Waals surface area contributed by atoms with Crippen LogP contribution in [0.25, 0.3) is 28.1 Å². The van der Waals surface area contributed by atoms with Crippen molar-refractivity contribution in [1.82, 2.24) is 19.5 Å². The Hall–Kier alpha value is -5.20. The van der Waals surface area contributed by atoms with E-state index in [0.29, 0.717) is 17.0 Å². The standard InChI is InChI=1S/C28H21F4N5O4/c1-16-23-25(26(36-15-35-23)40-14-28(30,31)32)37(24(16)21-9-8-19(12-34-21)41-27(33)38)18-7-10-22(20(29)11-18)39-13-17-5-3-2-4-6-17/h2-12,15H,13-14H2,1H3,(H2,33,38). The second-order valence-electron chi connectivity index (χ2n) is 8.78. The van der Waals surface area contributed by atoms with E-state index >= 15 is 4.39 Å². The largest absolute Gasteiger partial charge is 0.486 e. The zero-order valence-corrected chi connectivity index (χ0v) is 21.4. The van der Waals surface area contributed by atoms with E-state index in [2.05, 4.69) is 15.0 Å². The zero-order chi connectivity index (χ0) is 29.1. The molecule has 13 heteroatoms. The molecule has 210 valence electrons. The van der Waals surface area contributed by atoms with E-state index in [-0.39, 0.29) is 40.7 Å². The highest BCUT2D eigenvalue weighted by atomic mass is 19.4. The normalized spacial score (nSPS) is 11.4. The van der Waals surface area contributed by atoms with Gasteiger partial charge in [0, 0.05) is 17.3 Å². The molecule has 3 heterocycles. The maximum Gasteiger partial charge on any atom is 0.422 e. The highest BCUT2D eigenvalue weighted by molar-refractivity contribution is 5.93. The number of primary amides is 1. The van der Waals surface area contributed by atoms with Gasteiger partial charge in [0.25, 0.3) is 0 Å². The Morgan fingerprint density at radius 1 is 1.00 bits per heavy atom. The van der Waals surface area contributed by atoms with E-state index in [9.17, 15) is 18.0 Å². The van der Waals surface area contributed by atoms with Gasteiger partial charge in [0.2, 0.25) is 5.88 Å². The Morgan fingerprint density at radius 3 is 2.44 bits per heavy atom. The number of ether oxygens (including phenoxy) is 3. The van der Waals surface area contributed by atoms with Crippen molar-refractivity contribution < 1.29 is 36.6 Å². The first kappa shape index (κ1) is 27.4. The van der Waals surface area contributed by atoms with Gasteiger partial charge in [0.15, 0.2) is 23.9 Å². The average molecular weight is 567 g/mol. The number of fused-ring (bicyclic) bond motifs is 1. The quantitative estimate of drug-likeness (QED) is 0.232. The van der Waals surface area contributed by atoms with Crippen LogP contribution in [0.1, 0.15) is 11.1 Å². The molecule has 5 rings (SSSR count). The lowest BCUT2D eigenvalue weighted by Gasteiger charge is -2.15. The molecule has 9 nitrogen and oxygen atoms in total. The van der Waals surface area contributed by atoms with Crippen LogP contribution in [0.15, 0.2) is 73.2 Å². The van der Waals surface area contributed by atoms with E-state index in [1.54, 1.807) is 6.92 Å². The van der Waals surface area contributed by atoms with Gasteiger partial charge in [-0.15, -0.1) is 0 Å². The van der Waals surface area contributed by atoms with Crippen LogP contribution < -0.4 is 19.9 Å². The average Bonchev–Trinajstić information content (AvgIpc) is 3.24. The summed E-state index contributed by atoms with van der Waals surface area (Å²) >= 11 is 0. The molecular weight excluding hydrogens is 546 g/mol. The van der Waals surface area contributed by atoms with Crippen LogP contribution in [-0.2, 0) is 6.61 Å². The summed E-state index contributed by atoms with van der Waals surface area (Å²) in [7, 11) is 0. The highest BCUT2D eigenvalue weighted by Crippen LogP contribution is 2.39. The maximum absolute atomic E-state index is 15.3. The summed E-state index contributed by atoms with van der Waals surface area (Å²) in [6.07, 6.45) is -3.34.